The molecule has 0 aliphatic rings. The van der Waals surface area contributed by atoms with E-state index >= 15 is 0 Å². The van der Waals surface area contributed by atoms with Crippen LogP contribution < -0.4 is 5.32 Å². The Morgan fingerprint density at radius 1 is 1.00 bits per heavy atom. The minimum atomic E-state index is -4.74. The van der Waals surface area contributed by atoms with Crippen molar-refractivity contribution < 1.29 is 30.8 Å². The Morgan fingerprint density at radius 2 is 1.60 bits per heavy atom. The van der Waals surface area contributed by atoms with Gasteiger partial charge in [0.1, 0.15) is 0 Å². The zero-order valence-corrected chi connectivity index (χ0v) is 13.7. The van der Waals surface area contributed by atoms with Gasteiger partial charge in [0, 0.05) is 5.56 Å². The van der Waals surface area contributed by atoms with E-state index in [0.717, 1.165) is 36.4 Å². The van der Waals surface area contributed by atoms with Crippen molar-refractivity contribution in [1.82, 2.24) is 5.32 Å². The van der Waals surface area contributed by atoms with E-state index in [0.29, 0.717) is 5.56 Å². The van der Waals surface area contributed by atoms with Crippen LogP contribution in [0, 0.1) is 11.6 Å². The second-order valence-electron chi connectivity index (χ2n) is 5.20. The molecule has 1 atom stereocenters. The molecule has 0 aliphatic heterocycles. The van der Waals surface area contributed by atoms with Gasteiger partial charge in [0.25, 0.3) is 5.91 Å². The number of hydrogen-bond donors (Lipinski definition) is 1. The number of rotatable bonds is 5. The van der Waals surface area contributed by atoms with E-state index in [1.165, 1.54) is 6.07 Å². The Kier molecular flexibility index (Phi) is 5.46. The van der Waals surface area contributed by atoms with Gasteiger partial charge in [-0.25, -0.2) is 17.2 Å². The lowest BCUT2D eigenvalue weighted by Gasteiger charge is -2.15. The number of sulfone groups is 1. The molecule has 25 heavy (non-hydrogen) atoms. The van der Waals surface area contributed by atoms with Crippen molar-refractivity contribution in [2.24, 2.45) is 0 Å². The Balaban J connectivity index is 2.14. The fourth-order valence-electron chi connectivity index (χ4n) is 2.04. The van der Waals surface area contributed by atoms with E-state index < -0.39 is 44.1 Å². The van der Waals surface area contributed by atoms with Crippen LogP contribution in [0.15, 0.2) is 47.4 Å². The smallest absolute Gasteiger partial charge is 0.341 e. The maximum absolute atomic E-state index is 13.2. The van der Waals surface area contributed by atoms with Crippen LogP contribution in [0.5, 0.6) is 0 Å². The predicted molar refractivity (Wildman–Crippen MR) is 81.9 cm³/mol. The summed E-state index contributed by atoms with van der Waals surface area (Å²) in [5.41, 5.74) is 0.354. The van der Waals surface area contributed by atoms with Crippen LogP contribution in [0.2, 0.25) is 0 Å². The molecule has 0 radical (unpaired) electrons. The van der Waals surface area contributed by atoms with Crippen LogP contribution in [0.1, 0.15) is 28.9 Å². The van der Waals surface area contributed by atoms with Crippen molar-refractivity contribution in [2.75, 3.05) is 0 Å². The van der Waals surface area contributed by atoms with Gasteiger partial charge in [-0.15, -0.1) is 0 Å². The molecule has 2 aromatic carbocycles. The average molecular weight is 375 g/mol. The van der Waals surface area contributed by atoms with Crippen LogP contribution in [0.4, 0.5) is 17.6 Å². The fraction of sp³-hybridized carbons (Fsp3) is 0.188. The number of benzene rings is 2. The molecular weight excluding hydrogens is 362 g/mol. The summed E-state index contributed by atoms with van der Waals surface area (Å²) in [6, 6.07) is 6.49. The Morgan fingerprint density at radius 3 is 2.12 bits per heavy atom. The molecule has 0 aromatic heterocycles. The van der Waals surface area contributed by atoms with Crippen LogP contribution in [-0.4, -0.2) is 20.1 Å². The molecule has 0 unspecified atom stereocenters. The molecule has 0 heterocycles. The topological polar surface area (TPSA) is 63.2 Å². The van der Waals surface area contributed by atoms with Gasteiger partial charge >= 0.3 is 5.76 Å². The summed E-state index contributed by atoms with van der Waals surface area (Å²) in [4.78, 5) is 11.5. The van der Waals surface area contributed by atoms with E-state index in [2.05, 4.69) is 5.32 Å². The molecule has 2 rings (SSSR count). The number of alkyl halides is 2. The molecule has 0 fully saturated rings. The summed E-state index contributed by atoms with van der Waals surface area (Å²) in [6.45, 7) is 1.54. The van der Waals surface area contributed by atoms with E-state index in [1.807, 2.05) is 0 Å². The van der Waals surface area contributed by atoms with Crippen molar-refractivity contribution in [3.8, 4) is 0 Å². The Hall–Kier alpha value is -2.42. The highest BCUT2D eigenvalue weighted by molar-refractivity contribution is 7.91. The van der Waals surface area contributed by atoms with Crippen molar-refractivity contribution in [1.29, 1.82) is 0 Å². The third-order valence-electron chi connectivity index (χ3n) is 3.47. The largest absolute Gasteiger partial charge is 0.346 e. The number of amides is 1. The molecule has 0 spiro atoms. The first-order valence-corrected chi connectivity index (χ1v) is 8.55. The fourth-order valence-corrected chi connectivity index (χ4v) is 2.77. The maximum Gasteiger partial charge on any atom is 0.341 e. The van der Waals surface area contributed by atoms with E-state index in [9.17, 15) is 30.8 Å². The second-order valence-corrected chi connectivity index (χ2v) is 7.12. The van der Waals surface area contributed by atoms with E-state index in [4.69, 9.17) is 0 Å². The van der Waals surface area contributed by atoms with Crippen molar-refractivity contribution in [2.45, 2.75) is 23.6 Å². The molecule has 1 amide bonds. The summed E-state index contributed by atoms with van der Waals surface area (Å²) >= 11 is 0. The standard InChI is InChI=1S/C16H13F4NO3S/c1-9(11-4-7-13(17)14(18)8-11)21-15(22)10-2-5-12(6-3-10)25(23,24)16(19)20/h2-9,16H,1H3,(H,21,22)/t9-/m0/s1. The molecule has 0 aliphatic carbocycles. The van der Waals surface area contributed by atoms with E-state index in [-0.39, 0.29) is 5.56 Å². The third-order valence-corrected chi connectivity index (χ3v) is 4.87. The zero-order chi connectivity index (χ0) is 18.8. The van der Waals surface area contributed by atoms with Gasteiger partial charge in [-0.1, -0.05) is 6.07 Å². The van der Waals surface area contributed by atoms with Crippen molar-refractivity contribution in [3.63, 3.8) is 0 Å². The molecule has 134 valence electrons. The van der Waals surface area contributed by atoms with Gasteiger partial charge in [-0.05, 0) is 48.9 Å². The number of carbonyl (C=O) groups is 1. The lowest BCUT2D eigenvalue weighted by Crippen LogP contribution is -2.26. The summed E-state index contributed by atoms with van der Waals surface area (Å²) in [5, 5.41) is 2.51. The number of halogens is 4. The minimum absolute atomic E-state index is 0.0302. The average Bonchev–Trinajstić information content (AvgIpc) is 2.57. The summed E-state index contributed by atoms with van der Waals surface area (Å²) in [6.07, 6.45) is 0. The lowest BCUT2D eigenvalue weighted by molar-refractivity contribution is 0.0939. The van der Waals surface area contributed by atoms with Gasteiger partial charge in [0.05, 0.1) is 10.9 Å². The molecule has 4 nitrogen and oxygen atoms in total. The van der Waals surface area contributed by atoms with Crippen molar-refractivity contribution >= 4 is 15.7 Å². The first-order chi connectivity index (χ1) is 11.6. The third kappa shape index (κ3) is 4.16. The minimum Gasteiger partial charge on any atom is -0.346 e. The predicted octanol–water partition coefficient (Wildman–Crippen LogP) is 3.45. The molecule has 0 saturated heterocycles. The van der Waals surface area contributed by atoms with E-state index in [1.54, 1.807) is 6.92 Å². The normalized spacial score (nSPS) is 12.9. The lowest BCUT2D eigenvalue weighted by atomic mass is 10.1. The van der Waals surface area contributed by atoms with Gasteiger partial charge in [-0.2, -0.15) is 8.78 Å². The van der Waals surface area contributed by atoms with Crippen LogP contribution in [0.3, 0.4) is 0 Å². The number of nitrogens with one attached hydrogen (secondary N) is 1. The second kappa shape index (κ2) is 7.22. The monoisotopic (exact) mass is 375 g/mol. The van der Waals surface area contributed by atoms with Gasteiger partial charge in [-0.3, -0.25) is 4.79 Å². The summed E-state index contributed by atoms with van der Waals surface area (Å²) < 4.78 is 73.7. The highest BCUT2D eigenvalue weighted by Crippen LogP contribution is 2.20. The molecule has 0 saturated carbocycles. The van der Waals surface area contributed by atoms with Crippen LogP contribution >= 0.6 is 0 Å². The highest BCUT2D eigenvalue weighted by Gasteiger charge is 2.26. The molecule has 2 aromatic rings. The van der Waals surface area contributed by atoms with Crippen molar-refractivity contribution in [3.05, 3.63) is 65.2 Å². The van der Waals surface area contributed by atoms with Crippen LogP contribution in [0.25, 0.3) is 0 Å². The summed E-state index contributed by atoms with van der Waals surface area (Å²) in [7, 11) is -4.74. The van der Waals surface area contributed by atoms with Crippen LogP contribution in [-0.2, 0) is 9.84 Å². The first-order valence-electron chi connectivity index (χ1n) is 7.01. The highest BCUT2D eigenvalue weighted by atomic mass is 32.2. The SMILES string of the molecule is C[C@H](NC(=O)c1ccc(S(=O)(=O)C(F)F)cc1)c1ccc(F)c(F)c1. The summed E-state index contributed by atoms with van der Waals surface area (Å²) in [5.74, 6) is -6.25. The van der Waals surface area contributed by atoms with Gasteiger partial charge in [0.15, 0.2) is 11.6 Å². The van der Waals surface area contributed by atoms with Gasteiger partial charge in [0.2, 0.25) is 9.84 Å². The molecule has 1 N–H and O–H groups in total. The Bertz CT molecular complexity index is 883. The molecule has 9 heteroatoms. The maximum atomic E-state index is 13.2. The number of hydrogen-bond acceptors (Lipinski definition) is 3. The Labute approximate surface area is 141 Å². The molecule has 0 bridgehead atoms. The zero-order valence-electron chi connectivity index (χ0n) is 12.8. The van der Waals surface area contributed by atoms with Gasteiger partial charge < -0.3 is 5.32 Å². The quantitative estimate of drug-likeness (QED) is 0.815. The first kappa shape index (κ1) is 18.9. The molecular formula is C16H13F4NO3S. The number of carbonyl (C=O) groups excluding carboxylic acids is 1.